The molecule has 0 atom stereocenters. The van der Waals surface area contributed by atoms with E-state index in [-0.39, 0.29) is 5.78 Å². The molecule has 0 unspecified atom stereocenters. The van der Waals surface area contributed by atoms with Crippen LogP contribution < -0.4 is 4.74 Å². The SMILES string of the molecule is COc1ccsc1C(=O)c1c(C)cc(C)cc1C. The highest BCUT2D eigenvalue weighted by Crippen LogP contribution is 2.29. The first-order chi connectivity index (χ1) is 8.54. The summed E-state index contributed by atoms with van der Waals surface area (Å²) in [6.07, 6.45) is 0. The van der Waals surface area contributed by atoms with E-state index < -0.39 is 0 Å². The van der Waals surface area contributed by atoms with E-state index in [0.29, 0.717) is 10.6 Å². The molecule has 0 spiro atoms. The van der Waals surface area contributed by atoms with Gasteiger partial charge in [-0.3, -0.25) is 4.79 Å². The molecule has 0 N–H and O–H groups in total. The van der Waals surface area contributed by atoms with E-state index in [1.54, 1.807) is 7.11 Å². The van der Waals surface area contributed by atoms with Crippen LogP contribution in [0.15, 0.2) is 23.6 Å². The average Bonchev–Trinajstić information content (AvgIpc) is 2.75. The molecular formula is C15H16O2S. The second-order valence-corrected chi connectivity index (χ2v) is 5.34. The number of benzene rings is 1. The number of hydrogen-bond acceptors (Lipinski definition) is 3. The largest absolute Gasteiger partial charge is 0.495 e. The van der Waals surface area contributed by atoms with Crippen molar-refractivity contribution in [1.29, 1.82) is 0 Å². The van der Waals surface area contributed by atoms with Crippen LogP contribution in [-0.4, -0.2) is 12.9 Å². The molecule has 1 aromatic heterocycles. The van der Waals surface area contributed by atoms with Crippen LogP contribution >= 0.6 is 11.3 Å². The molecule has 1 heterocycles. The third-order valence-corrected chi connectivity index (χ3v) is 3.85. The van der Waals surface area contributed by atoms with Gasteiger partial charge in [-0.15, -0.1) is 11.3 Å². The first kappa shape index (κ1) is 12.8. The second kappa shape index (κ2) is 4.94. The van der Waals surface area contributed by atoms with E-state index in [0.717, 1.165) is 16.7 Å². The summed E-state index contributed by atoms with van der Waals surface area (Å²) in [4.78, 5) is 13.2. The van der Waals surface area contributed by atoms with Gasteiger partial charge in [0.05, 0.1) is 7.11 Å². The van der Waals surface area contributed by atoms with Gasteiger partial charge >= 0.3 is 0 Å². The third kappa shape index (κ3) is 2.18. The number of rotatable bonds is 3. The van der Waals surface area contributed by atoms with Crippen LogP contribution in [0.25, 0.3) is 0 Å². The monoisotopic (exact) mass is 260 g/mol. The van der Waals surface area contributed by atoms with Crippen molar-refractivity contribution in [3.8, 4) is 5.75 Å². The van der Waals surface area contributed by atoms with Gasteiger partial charge in [-0.25, -0.2) is 0 Å². The quantitative estimate of drug-likeness (QED) is 0.782. The van der Waals surface area contributed by atoms with Crippen LogP contribution in [0.1, 0.15) is 31.9 Å². The zero-order valence-corrected chi connectivity index (χ0v) is 11.9. The van der Waals surface area contributed by atoms with E-state index in [2.05, 4.69) is 0 Å². The summed E-state index contributed by atoms with van der Waals surface area (Å²) < 4.78 is 5.22. The van der Waals surface area contributed by atoms with Crippen LogP contribution in [0.5, 0.6) is 5.75 Å². The number of aryl methyl sites for hydroxylation is 3. The summed E-state index contributed by atoms with van der Waals surface area (Å²) in [5.41, 5.74) is 4.02. The lowest BCUT2D eigenvalue weighted by Crippen LogP contribution is -2.06. The summed E-state index contributed by atoms with van der Waals surface area (Å²) in [7, 11) is 1.59. The Bertz CT molecular complexity index is 573. The highest BCUT2D eigenvalue weighted by molar-refractivity contribution is 7.12. The first-order valence-electron chi connectivity index (χ1n) is 5.78. The standard InChI is InChI=1S/C15H16O2S/c1-9-7-10(2)13(11(3)8-9)14(16)15-12(17-4)5-6-18-15/h5-8H,1-4H3. The van der Waals surface area contributed by atoms with E-state index in [1.165, 1.54) is 16.9 Å². The fourth-order valence-corrected chi connectivity index (χ4v) is 3.08. The minimum atomic E-state index is 0.0526. The molecule has 1 aromatic carbocycles. The Labute approximate surface area is 111 Å². The smallest absolute Gasteiger partial charge is 0.207 e. The Kier molecular flexibility index (Phi) is 3.53. The maximum Gasteiger partial charge on any atom is 0.207 e. The summed E-state index contributed by atoms with van der Waals surface area (Å²) in [6, 6.07) is 5.91. The number of carbonyl (C=O) groups excluding carboxylic acids is 1. The van der Waals surface area contributed by atoms with Crippen LogP contribution in [0.2, 0.25) is 0 Å². The highest BCUT2D eigenvalue weighted by atomic mass is 32.1. The molecule has 0 bridgehead atoms. The second-order valence-electron chi connectivity index (χ2n) is 4.42. The van der Waals surface area contributed by atoms with Crippen LogP contribution in [-0.2, 0) is 0 Å². The van der Waals surface area contributed by atoms with Crippen molar-refractivity contribution in [2.75, 3.05) is 7.11 Å². The van der Waals surface area contributed by atoms with Gasteiger partial charge in [-0.1, -0.05) is 17.7 Å². The summed E-state index contributed by atoms with van der Waals surface area (Å²) in [6.45, 7) is 6.00. The molecular weight excluding hydrogens is 244 g/mol. The average molecular weight is 260 g/mol. The molecule has 0 saturated carbocycles. The molecule has 2 aromatic rings. The Morgan fingerprint density at radius 3 is 2.33 bits per heavy atom. The predicted molar refractivity (Wildman–Crippen MR) is 75.0 cm³/mol. The Balaban J connectivity index is 2.53. The van der Waals surface area contributed by atoms with Crippen molar-refractivity contribution >= 4 is 17.1 Å². The lowest BCUT2D eigenvalue weighted by molar-refractivity contribution is 0.103. The molecule has 18 heavy (non-hydrogen) atoms. The number of carbonyl (C=O) groups is 1. The van der Waals surface area contributed by atoms with Gasteiger partial charge < -0.3 is 4.74 Å². The highest BCUT2D eigenvalue weighted by Gasteiger charge is 2.19. The fourth-order valence-electron chi connectivity index (χ4n) is 2.28. The van der Waals surface area contributed by atoms with Crippen molar-refractivity contribution in [3.05, 3.63) is 50.7 Å². The lowest BCUT2D eigenvalue weighted by atomic mass is 9.96. The topological polar surface area (TPSA) is 26.3 Å². The van der Waals surface area contributed by atoms with E-state index in [9.17, 15) is 4.79 Å². The van der Waals surface area contributed by atoms with E-state index >= 15 is 0 Å². The minimum Gasteiger partial charge on any atom is -0.495 e. The fraction of sp³-hybridized carbons (Fsp3) is 0.267. The van der Waals surface area contributed by atoms with Crippen molar-refractivity contribution in [1.82, 2.24) is 0 Å². The third-order valence-electron chi connectivity index (χ3n) is 2.96. The first-order valence-corrected chi connectivity index (χ1v) is 6.66. The predicted octanol–water partition coefficient (Wildman–Crippen LogP) is 3.91. The minimum absolute atomic E-state index is 0.0526. The van der Waals surface area contributed by atoms with Crippen LogP contribution in [0, 0.1) is 20.8 Å². The maximum atomic E-state index is 12.6. The molecule has 0 aliphatic carbocycles. The van der Waals surface area contributed by atoms with E-state index in [4.69, 9.17) is 4.74 Å². The van der Waals surface area contributed by atoms with Gasteiger partial charge in [-0.2, -0.15) is 0 Å². The van der Waals surface area contributed by atoms with Gasteiger partial charge in [0, 0.05) is 5.56 Å². The van der Waals surface area contributed by atoms with Crippen LogP contribution in [0.4, 0.5) is 0 Å². The molecule has 0 aliphatic rings. The number of thiophene rings is 1. The van der Waals surface area contributed by atoms with Crippen molar-refractivity contribution < 1.29 is 9.53 Å². The molecule has 0 radical (unpaired) electrons. The number of hydrogen-bond donors (Lipinski definition) is 0. The maximum absolute atomic E-state index is 12.6. The number of methoxy groups -OCH3 is 1. The summed E-state index contributed by atoms with van der Waals surface area (Å²) in [5, 5.41) is 1.88. The van der Waals surface area contributed by atoms with E-state index in [1.807, 2.05) is 44.4 Å². The molecule has 0 saturated heterocycles. The Morgan fingerprint density at radius 1 is 1.17 bits per heavy atom. The van der Waals surface area contributed by atoms with Gasteiger partial charge in [0.1, 0.15) is 10.6 Å². The summed E-state index contributed by atoms with van der Waals surface area (Å²) in [5.74, 6) is 0.709. The van der Waals surface area contributed by atoms with Gasteiger partial charge in [0.15, 0.2) is 0 Å². The van der Waals surface area contributed by atoms with Gasteiger partial charge in [0.2, 0.25) is 5.78 Å². The zero-order chi connectivity index (χ0) is 13.3. The Morgan fingerprint density at radius 2 is 1.78 bits per heavy atom. The molecule has 0 aliphatic heterocycles. The molecule has 0 amide bonds. The molecule has 3 heteroatoms. The molecule has 2 nitrogen and oxygen atoms in total. The summed E-state index contributed by atoms with van der Waals surface area (Å²) >= 11 is 1.42. The number of ketones is 1. The van der Waals surface area contributed by atoms with Gasteiger partial charge in [0.25, 0.3) is 0 Å². The molecule has 0 fully saturated rings. The normalized spacial score (nSPS) is 10.4. The number of ether oxygens (including phenoxy) is 1. The van der Waals surface area contributed by atoms with Crippen molar-refractivity contribution in [3.63, 3.8) is 0 Å². The van der Waals surface area contributed by atoms with Crippen LogP contribution in [0.3, 0.4) is 0 Å². The van der Waals surface area contributed by atoms with Crippen molar-refractivity contribution in [2.24, 2.45) is 0 Å². The van der Waals surface area contributed by atoms with Crippen molar-refractivity contribution in [2.45, 2.75) is 20.8 Å². The Hall–Kier alpha value is -1.61. The van der Waals surface area contributed by atoms with Gasteiger partial charge in [-0.05, 0) is 43.3 Å². The lowest BCUT2D eigenvalue weighted by Gasteiger charge is -2.10. The molecule has 94 valence electrons. The zero-order valence-electron chi connectivity index (χ0n) is 11.0. The molecule has 2 rings (SSSR count).